The van der Waals surface area contributed by atoms with Gasteiger partial charge in [0.25, 0.3) is 0 Å². The zero-order chi connectivity index (χ0) is 15.1. The number of carbonyl (C=O) groups is 2. The van der Waals surface area contributed by atoms with Crippen molar-refractivity contribution in [2.24, 2.45) is 0 Å². The molecule has 0 fully saturated rings. The summed E-state index contributed by atoms with van der Waals surface area (Å²) in [7, 11) is 1.32. The van der Waals surface area contributed by atoms with Gasteiger partial charge in [-0.15, -0.1) is 11.8 Å². The summed E-state index contributed by atoms with van der Waals surface area (Å²) in [5.41, 5.74) is 2.24. The Morgan fingerprint density at radius 2 is 1.95 bits per heavy atom. The van der Waals surface area contributed by atoms with Crippen LogP contribution in [0.1, 0.15) is 30.9 Å². The van der Waals surface area contributed by atoms with Crippen molar-refractivity contribution in [1.29, 1.82) is 0 Å². The maximum Gasteiger partial charge on any atom is 0.319 e. The molecule has 110 valence electrons. The Kier molecular flexibility index (Phi) is 6.58. The molecule has 0 radical (unpaired) electrons. The van der Waals surface area contributed by atoms with Crippen LogP contribution in [0.3, 0.4) is 0 Å². The number of ether oxygens (including phenoxy) is 1. The Morgan fingerprint density at radius 1 is 1.30 bits per heavy atom. The van der Waals surface area contributed by atoms with E-state index in [1.807, 2.05) is 24.3 Å². The van der Waals surface area contributed by atoms with E-state index in [-0.39, 0.29) is 11.7 Å². The molecule has 1 unspecified atom stereocenters. The summed E-state index contributed by atoms with van der Waals surface area (Å²) >= 11 is 1.10. The molecule has 0 saturated carbocycles. The highest BCUT2D eigenvalue weighted by Gasteiger charge is 2.22. The third kappa shape index (κ3) is 4.89. The second kappa shape index (κ2) is 7.94. The first-order chi connectivity index (χ1) is 9.45. The van der Waals surface area contributed by atoms with E-state index in [0.29, 0.717) is 12.3 Å². The smallest absolute Gasteiger partial charge is 0.319 e. The van der Waals surface area contributed by atoms with Crippen LogP contribution in [0.4, 0.5) is 0 Å². The quantitative estimate of drug-likeness (QED) is 0.784. The zero-order valence-electron chi connectivity index (χ0n) is 12.0. The maximum absolute atomic E-state index is 11.8. The number of esters is 1. The molecule has 0 aliphatic carbocycles. The van der Waals surface area contributed by atoms with Gasteiger partial charge in [0.05, 0.1) is 12.9 Å². The first kappa shape index (κ1) is 16.6. The largest absolute Gasteiger partial charge is 0.481 e. The van der Waals surface area contributed by atoms with Gasteiger partial charge in [-0.2, -0.15) is 0 Å². The lowest BCUT2D eigenvalue weighted by Crippen LogP contribution is -2.23. The lowest BCUT2D eigenvalue weighted by atomic mass is 9.94. The molecular formula is C15H20O4S. The number of carbonyl (C=O) groups excluding carboxylic acids is 1. The van der Waals surface area contributed by atoms with Gasteiger partial charge in [-0.3, -0.25) is 9.59 Å². The SMILES string of the molecule is COC(=O)C(Cc1ccccc1C(C)C)SCC(=O)O. The van der Waals surface area contributed by atoms with Crippen LogP contribution in [0.25, 0.3) is 0 Å². The molecule has 0 spiro atoms. The van der Waals surface area contributed by atoms with E-state index < -0.39 is 11.2 Å². The zero-order valence-corrected chi connectivity index (χ0v) is 12.8. The summed E-state index contributed by atoms with van der Waals surface area (Å²) < 4.78 is 4.76. The summed E-state index contributed by atoms with van der Waals surface area (Å²) in [5.74, 6) is -1.06. The number of hydrogen-bond acceptors (Lipinski definition) is 4. The van der Waals surface area contributed by atoms with Gasteiger partial charge in [0, 0.05) is 0 Å². The van der Waals surface area contributed by atoms with Crippen molar-refractivity contribution in [2.75, 3.05) is 12.9 Å². The summed E-state index contributed by atoms with van der Waals surface area (Å²) in [6, 6.07) is 7.91. The van der Waals surface area contributed by atoms with Crippen LogP contribution in [0.5, 0.6) is 0 Å². The molecule has 1 aromatic carbocycles. The summed E-state index contributed by atoms with van der Waals surface area (Å²) in [5, 5.41) is 8.26. The Bertz CT molecular complexity index is 471. The second-order valence-corrected chi connectivity index (χ2v) is 5.97. The molecule has 1 aromatic rings. The van der Waals surface area contributed by atoms with Crippen LogP contribution in [-0.2, 0) is 20.7 Å². The highest BCUT2D eigenvalue weighted by molar-refractivity contribution is 8.01. The van der Waals surface area contributed by atoms with E-state index in [1.165, 1.54) is 12.7 Å². The Balaban J connectivity index is 2.89. The third-order valence-corrected chi connectivity index (χ3v) is 4.13. The minimum atomic E-state index is -0.930. The second-order valence-electron chi connectivity index (χ2n) is 4.77. The van der Waals surface area contributed by atoms with Gasteiger partial charge in [-0.1, -0.05) is 38.1 Å². The van der Waals surface area contributed by atoms with Gasteiger partial charge in [0.15, 0.2) is 0 Å². The van der Waals surface area contributed by atoms with Crippen LogP contribution < -0.4 is 0 Å². The molecule has 0 saturated heterocycles. The number of hydrogen-bond donors (Lipinski definition) is 1. The van der Waals surface area contributed by atoms with Crippen LogP contribution in [0.15, 0.2) is 24.3 Å². The molecule has 0 bridgehead atoms. The van der Waals surface area contributed by atoms with Crippen molar-refractivity contribution in [3.63, 3.8) is 0 Å². The van der Waals surface area contributed by atoms with Gasteiger partial charge < -0.3 is 9.84 Å². The first-order valence-electron chi connectivity index (χ1n) is 6.44. The molecule has 1 atom stereocenters. The normalized spacial score (nSPS) is 12.2. The minimum absolute atomic E-state index is 0.108. The number of thioether (sulfide) groups is 1. The van der Waals surface area contributed by atoms with Gasteiger partial charge >= 0.3 is 11.9 Å². The highest BCUT2D eigenvalue weighted by atomic mass is 32.2. The molecule has 0 amide bonds. The summed E-state index contributed by atoms with van der Waals surface area (Å²) in [6.07, 6.45) is 0.485. The van der Waals surface area contributed by atoms with Crippen molar-refractivity contribution < 1.29 is 19.4 Å². The summed E-state index contributed by atoms with van der Waals surface area (Å²) in [4.78, 5) is 22.4. The van der Waals surface area contributed by atoms with Crippen molar-refractivity contribution in [3.05, 3.63) is 35.4 Å². The van der Waals surface area contributed by atoms with Crippen molar-refractivity contribution in [3.8, 4) is 0 Å². The predicted molar refractivity (Wildman–Crippen MR) is 80.1 cm³/mol. The average Bonchev–Trinajstić information content (AvgIpc) is 2.42. The van der Waals surface area contributed by atoms with Crippen LogP contribution >= 0.6 is 11.8 Å². The predicted octanol–water partition coefficient (Wildman–Crippen LogP) is 2.71. The fraction of sp³-hybridized carbons (Fsp3) is 0.467. The highest BCUT2D eigenvalue weighted by Crippen LogP contribution is 2.24. The van der Waals surface area contributed by atoms with Crippen molar-refractivity contribution >= 4 is 23.7 Å². The maximum atomic E-state index is 11.8. The fourth-order valence-corrected chi connectivity index (χ4v) is 2.87. The summed E-state index contributed by atoms with van der Waals surface area (Å²) in [6.45, 7) is 4.19. The molecule has 0 aromatic heterocycles. The average molecular weight is 296 g/mol. The molecule has 0 aliphatic rings. The van der Waals surface area contributed by atoms with Gasteiger partial charge in [0.2, 0.25) is 0 Å². The monoisotopic (exact) mass is 296 g/mol. The number of rotatable bonds is 7. The Morgan fingerprint density at radius 3 is 2.50 bits per heavy atom. The van der Waals surface area contributed by atoms with Crippen molar-refractivity contribution in [2.45, 2.75) is 31.4 Å². The number of aliphatic carboxylic acids is 1. The molecule has 20 heavy (non-hydrogen) atoms. The number of benzene rings is 1. The minimum Gasteiger partial charge on any atom is -0.481 e. The number of methoxy groups -OCH3 is 1. The van der Waals surface area contributed by atoms with Crippen LogP contribution in [0.2, 0.25) is 0 Å². The molecule has 0 heterocycles. The number of carboxylic acid groups (broad SMARTS) is 1. The van der Waals surface area contributed by atoms with E-state index in [4.69, 9.17) is 9.84 Å². The van der Waals surface area contributed by atoms with E-state index in [9.17, 15) is 9.59 Å². The van der Waals surface area contributed by atoms with Crippen molar-refractivity contribution in [1.82, 2.24) is 0 Å². The van der Waals surface area contributed by atoms with E-state index in [1.54, 1.807) is 0 Å². The topological polar surface area (TPSA) is 63.6 Å². The van der Waals surface area contributed by atoms with E-state index >= 15 is 0 Å². The van der Waals surface area contributed by atoms with Gasteiger partial charge in [-0.25, -0.2) is 0 Å². The standard InChI is InChI=1S/C15H20O4S/c1-10(2)12-7-5-4-6-11(12)8-13(15(18)19-3)20-9-14(16)17/h4-7,10,13H,8-9H2,1-3H3,(H,16,17). The Hall–Kier alpha value is -1.49. The first-order valence-corrected chi connectivity index (χ1v) is 7.49. The molecule has 4 nitrogen and oxygen atoms in total. The third-order valence-electron chi connectivity index (χ3n) is 2.95. The van der Waals surface area contributed by atoms with E-state index in [0.717, 1.165) is 17.3 Å². The van der Waals surface area contributed by atoms with Crippen LogP contribution in [0, 0.1) is 0 Å². The van der Waals surface area contributed by atoms with E-state index in [2.05, 4.69) is 13.8 Å². The van der Waals surface area contributed by atoms with Crippen LogP contribution in [-0.4, -0.2) is 35.2 Å². The molecule has 1 N–H and O–H groups in total. The lowest BCUT2D eigenvalue weighted by molar-refractivity contribution is -0.139. The molecule has 5 heteroatoms. The molecule has 1 rings (SSSR count). The van der Waals surface area contributed by atoms with Gasteiger partial charge in [-0.05, 0) is 23.5 Å². The Labute approximate surface area is 123 Å². The lowest BCUT2D eigenvalue weighted by Gasteiger charge is -2.17. The van der Waals surface area contributed by atoms with Gasteiger partial charge in [0.1, 0.15) is 5.25 Å². The number of carboxylic acids is 1. The molecular weight excluding hydrogens is 276 g/mol. The molecule has 0 aliphatic heterocycles. The fourth-order valence-electron chi connectivity index (χ4n) is 2.00.